The second kappa shape index (κ2) is 8.67. The van der Waals surface area contributed by atoms with Gasteiger partial charge in [-0.1, -0.05) is 22.0 Å². The summed E-state index contributed by atoms with van der Waals surface area (Å²) >= 11 is 3.41. The molecule has 2 aromatic carbocycles. The molecule has 2 heterocycles. The van der Waals surface area contributed by atoms with E-state index in [0.29, 0.717) is 28.5 Å². The Hall–Kier alpha value is -3.32. The molecule has 1 amide bonds. The third-order valence-electron chi connectivity index (χ3n) is 5.06. The number of carbonyl (C=O) groups excluding carboxylic acids is 2. The normalized spacial score (nSPS) is 17.9. The standard InChI is InChI=1S/C25H22BrNO5/c1-14(2)31-19-10-8-16(9-11-19)23(28)21-22(20-12-7-15(3)32-20)27(25(30)24(21)29)18-6-4-5-17(26)13-18/h4-14,22,28H,1-3H3/b23-21-. The lowest BCUT2D eigenvalue weighted by atomic mass is 9.99. The summed E-state index contributed by atoms with van der Waals surface area (Å²) in [6.07, 6.45) is 0.00663. The molecule has 0 radical (unpaired) electrons. The van der Waals surface area contributed by atoms with E-state index < -0.39 is 17.7 Å². The number of ether oxygens (including phenoxy) is 1. The SMILES string of the molecule is Cc1ccc(C2/C(=C(/O)c3ccc(OC(C)C)cc3)C(=O)C(=O)N2c2cccc(Br)c2)o1. The summed E-state index contributed by atoms with van der Waals surface area (Å²) in [5, 5.41) is 11.1. The van der Waals surface area contributed by atoms with E-state index in [9.17, 15) is 14.7 Å². The first-order valence-electron chi connectivity index (χ1n) is 10.2. The van der Waals surface area contributed by atoms with Crippen LogP contribution in [0.2, 0.25) is 0 Å². The number of aryl methyl sites for hydroxylation is 1. The summed E-state index contributed by atoms with van der Waals surface area (Å²) in [7, 11) is 0. The lowest BCUT2D eigenvalue weighted by Gasteiger charge is -2.23. The number of amides is 1. The molecule has 1 unspecified atom stereocenters. The van der Waals surface area contributed by atoms with E-state index in [1.807, 2.05) is 19.9 Å². The number of ketones is 1. The fourth-order valence-corrected chi connectivity index (χ4v) is 4.10. The van der Waals surface area contributed by atoms with Crippen LogP contribution < -0.4 is 9.64 Å². The molecule has 0 saturated carbocycles. The summed E-state index contributed by atoms with van der Waals surface area (Å²) in [5.74, 6) is -0.106. The second-order valence-corrected chi connectivity index (χ2v) is 8.70. The number of carbonyl (C=O) groups is 2. The molecular formula is C25H22BrNO5. The van der Waals surface area contributed by atoms with Crippen molar-refractivity contribution in [2.75, 3.05) is 4.90 Å². The highest BCUT2D eigenvalue weighted by Gasteiger charge is 2.48. The lowest BCUT2D eigenvalue weighted by Crippen LogP contribution is -2.29. The van der Waals surface area contributed by atoms with Gasteiger partial charge in [-0.3, -0.25) is 14.5 Å². The van der Waals surface area contributed by atoms with Gasteiger partial charge in [0.25, 0.3) is 11.7 Å². The third-order valence-corrected chi connectivity index (χ3v) is 5.55. The highest BCUT2D eigenvalue weighted by atomic mass is 79.9. The number of furan rings is 1. The Labute approximate surface area is 194 Å². The smallest absolute Gasteiger partial charge is 0.300 e. The van der Waals surface area contributed by atoms with Crippen molar-refractivity contribution in [3.05, 3.63) is 87.8 Å². The number of aliphatic hydroxyl groups excluding tert-OH is 1. The molecule has 0 aliphatic carbocycles. The molecule has 1 fully saturated rings. The molecule has 1 N–H and O–H groups in total. The largest absolute Gasteiger partial charge is 0.507 e. The fourth-order valence-electron chi connectivity index (χ4n) is 3.71. The van der Waals surface area contributed by atoms with Crippen LogP contribution >= 0.6 is 15.9 Å². The van der Waals surface area contributed by atoms with Crippen molar-refractivity contribution in [1.29, 1.82) is 0 Å². The average Bonchev–Trinajstić information content (AvgIpc) is 3.29. The zero-order valence-corrected chi connectivity index (χ0v) is 19.4. The fraction of sp³-hybridized carbons (Fsp3) is 0.200. The van der Waals surface area contributed by atoms with Crippen molar-refractivity contribution in [1.82, 2.24) is 0 Å². The van der Waals surface area contributed by atoms with Crippen LogP contribution in [0.3, 0.4) is 0 Å². The van der Waals surface area contributed by atoms with Gasteiger partial charge >= 0.3 is 0 Å². The average molecular weight is 496 g/mol. The number of rotatable bonds is 5. The van der Waals surface area contributed by atoms with Crippen molar-refractivity contribution in [3.63, 3.8) is 0 Å². The van der Waals surface area contributed by atoms with Crippen molar-refractivity contribution in [2.24, 2.45) is 0 Å². The molecule has 1 aromatic heterocycles. The van der Waals surface area contributed by atoms with Crippen molar-refractivity contribution in [2.45, 2.75) is 32.9 Å². The highest BCUT2D eigenvalue weighted by molar-refractivity contribution is 9.10. The van der Waals surface area contributed by atoms with Gasteiger partial charge in [-0.05, 0) is 75.4 Å². The molecule has 1 aliphatic rings. The summed E-state index contributed by atoms with van der Waals surface area (Å²) in [5.41, 5.74) is 0.892. The van der Waals surface area contributed by atoms with Crippen molar-refractivity contribution in [3.8, 4) is 5.75 Å². The van der Waals surface area contributed by atoms with Crippen molar-refractivity contribution >= 4 is 39.1 Å². The third kappa shape index (κ3) is 4.08. The van der Waals surface area contributed by atoms with Gasteiger partial charge in [-0.2, -0.15) is 0 Å². The summed E-state index contributed by atoms with van der Waals surface area (Å²) in [4.78, 5) is 27.5. The molecule has 3 aromatic rings. The van der Waals surface area contributed by atoms with E-state index in [4.69, 9.17) is 9.15 Å². The van der Waals surface area contributed by atoms with Gasteiger partial charge in [0, 0.05) is 15.7 Å². The first-order chi connectivity index (χ1) is 15.3. The van der Waals surface area contributed by atoms with E-state index in [1.165, 1.54) is 4.90 Å². The summed E-state index contributed by atoms with van der Waals surface area (Å²) < 4.78 is 12.2. The first kappa shape index (κ1) is 21.9. The minimum absolute atomic E-state index is 0.00663. The predicted octanol–water partition coefficient (Wildman–Crippen LogP) is 5.76. The predicted molar refractivity (Wildman–Crippen MR) is 125 cm³/mol. The number of Topliss-reactive ketones (excluding diaryl/α,β-unsaturated/α-hetero) is 1. The van der Waals surface area contributed by atoms with Gasteiger partial charge in [0.1, 0.15) is 29.1 Å². The number of aliphatic hydroxyl groups is 1. The maximum atomic E-state index is 13.1. The highest BCUT2D eigenvalue weighted by Crippen LogP contribution is 2.43. The zero-order chi connectivity index (χ0) is 23.0. The quantitative estimate of drug-likeness (QED) is 0.276. The number of hydrogen-bond donors (Lipinski definition) is 1. The minimum Gasteiger partial charge on any atom is -0.507 e. The molecule has 6 nitrogen and oxygen atoms in total. The van der Waals surface area contributed by atoms with E-state index in [1.54, 1.807) is 61.5 Å². The number of nitrogens with zero attached hydrogens (tertiary/aromatic N) is 1. The monoisotopic (exact) mass is 495 g/mol. The number of anilines is 1. The van der Waals surface area contributed by atoms with Crippen LogP contribution in [0.25, 0.3) is 5.76 Å². The summed E-state index contributed by atoms with van der Waals surface area (Å²) in [6, 6.07) is 16.4. The van der Waals surface area contributed by atoms with Gasteiger partial charge < -0.3 is 14.3 Å². The molecule has 1 atom stereocenters. The van der Waals surface area contributed by atoms with Gasteiger partial charge in [0.05, 0.1) is 11.7 Å². The molecule has 4 rings (SSSR count). The van der Waals surface area contributed by atoms with Crippen LogP contribution in [0.4, 0.5) is 5.69 Å². The maximum Gasteiger partial charge on any atom is 0.300 e. The molecule has 1 saturated heterocycles. The minimum atomic E-state index is -0.899. The van der Waals surface area contributed by atoms with E-state index >= 15 is 0 Å². The van der Waals surface area contributed by atoms with E-state index in [0.717, 1.165) is 4.47 Å². The van der Waals surface area contributed by atoms with Crippen LogP contribution in [0.5, 0.6) is 5.75 Å². The summed E-state index contributed by atoms with van der Waals surface area (Å²) in [6.45, 7) is 5.62. The van der Waals surface area contributed by atoms with Crippen LogP contribution in [-0.4, -0.2) is 22.9 Å². The van der Waals surface area contributed by atoms with Crippen LogP contribution in [0, 0.1) is 6.92 Å². The molecule has 0 bridgehead atoms. The maximum absolute atomic E-state index is 13.1. The Morgan fingerprint density at radius 2 is 1.81 bits per heavy atom. The van der Waals surface area contributed by atoms with Gasteiger partial charge in [0.2, 0.25) is 0 Å². The number of benzene rings is 2. The number of hydrogen-bond acceptors (Lipinski definition) is 5. The Morgan fingerprint density at radius 1 is 1.09 bits per heavy atom. The molecule has 32 heavy (non-hydrogen) atoms. The number of halogens is 1. The van der Waals surface area contributed by atoms with Gasteiger partial charge in [0.15, 0.2) is 0 Å². The van der Waals surface area contributed by atoms with Gasteiger partial charge in [-0.25, -0.2) is 0 Å². The lowest BCUT2D eigenvalue weighted by molar-refractivity contribution is -0.132. The van der Waals surface area contributed by atoms with E-state index in [-0.39, 0.29) is 17.4 Å². The Kier molecular flexibility index (Phi) is 5.93. The molecule has 164 valence electrons. The Morgan fingerprint density at radius 3 is 2.41 bits per heavy atom. The molecule has 1 aliphatic heterocycles. The Balaban J connectivity index is 1.85. The van der Waals surface area contributed by atoms with Crippen LogP contribution in [0.15, 0.2) is 75.1 Å². The zero-order valence-electron chi connectivity index (χ0n) is 17.8. The Bertz CT molecular complexity index is 1210. The molecule has 0 spiro atoms. The first-order valence-corrected chi connectivity index (χ1v) is 11.0. The molecule has 7 heteroatoms. The van der Waals surface area contributed by atoms with Crippen LogP contribution in [0.1, 0.15) is 37.0 Å². The van der Waals surface area contributed by atoms with Crippen molar-refractivity contribution < 1.29 is 23.8 Å². The van der Waals surface area contributed by atoms with Crippen LogP contribution in [-0.2, 0) is 9.59 Å². The second-order valence-electron chi connectivity index (χ2n) is 7.79. The van der Waals surface area contributed by atoms with E-state index in [2.05, 4.69) is 15.9 Å². The van der Waals surface area contributed by atoms with Gasteiger partial charge in [-0.15, -0.1) is 0 Å². The molecular weight excluding hydrogens is 474 g/mol. The topological polar surface area (TPSA) is 80.0 Å².